The number of benzene rings is 2. The van der Waals surface area contributed by atoms with E-state index in [4.69, 9.17) is 16.3 Å². The summed E-state index contributed by atoms with van der Waals surface area (Å²) in [5, 5.41) is 9.57. The van der Waals surface area contributed by atoms with Gasteiger partial charge in [0.1, 0.15) is 11.5 Å². The number of anilines is 1. The zero-order chi connectivity index (χ0) is 15.6. The van der Waals surface area contributed by atoms with Gasteiger partial charge in [-0.1, -0.05) is 11.6 Å². The summed E-state index contributed by atoms with van der Waals surface area (Å²) in [6.07, 6.45) is 0. The number of ether oxygens (including phenoxy) is 1. The molecule has 2 aromatic rings. The summed E-state index contributed by atoms with van der Waals surface area (Å²) < 4.78 is 32.1. The van der Waals surface area contributed by atoms with E-state index in [1.165, 1.54) is 31.4 Å². The first-order valence-corrected chi connectivity index (χ1v) is 8.34. The largest absolute Gasteiger partial charge is 0.505 e. The molecule has 0 bridgehead atoms. The monoisotopic (exact) mass is 391 g/mol. The number of rotatable bonds is 4. The van der Waals surface area contributed by atoms with Crippen molar-refractivity contribution in [3.8, 4) is 11.5 Å². The average Bonchev–Trinajstić information content (AvgIpc) is 2.44. The molecule has 2 rings (SSSR count). The highest BCUT2D eigenvalue weighted by Gasteiger charge is 2.16. The second-order valence-corrected chi connectivity index (χ2v) is 7.01. The Morgan fingerprint density at radius 2 is 1.86 bits per heavy atom. The Morgan fingerprint density at radius 3 is 2.38 bits per heavy atom. The lowest BCUT2D eigenvalue weighted by Crippen LogP contribution is -2.12. The van der Waals surface area contributed by atoms with E-state index >= 15 is 0 Å². The van der Waals surface area contributed by atoms with Gasteiger partial charge in [0.15, 0.2) is 0 Å². The van der Waals surface area contributed by atoms with Crippen molar-refractivity contribution in [1.82, 2.24) is 0 Å². The Morgan fingerprint density at radius 1 is 1.24 bits per heavy atom. The smallest absolute Gasteiger partial charge is 0.261 e. The van der Waals surface area contributed by atoms with Crippen molar-refractivity contribution in [1.29, 1.82) is 0 Å². The fraction of sp³-hybridized carbons (Fsp3) is 0.0769. The lowest BCUT2D eigenvalue weighted by Gasteiger charge is -2.10. The third-order valence-corrected chi connectivity index (χ3v) is 4.93. The van der Waals surface area contributed by atoms with Crippen molar-refractivity contribution < 1.29 is 18.3 Å². The van der Waals surface area contributed by atoms with E-state index in [0.717, 1.165) is 0 Å². The van der Waals surface area contributed by atoms with Gasteiger partial charge < -0.3 is 9.84 Å². The molecule has 0 aliphatic heterocycles. The summed E-state index contributed by atoms with van der Waals surface area (Å²) in [5.41, 5.74) is 0.237. The highest BCUT2D eigenvalue weighted by atomic mass is 79.9. The van der Waals surface area contributed by atoms with E-state index in [1.807, 2.05) is 0 Å². The number of phenols is 1. The first kappa shape index (κ1) is 15.9. The summed E-state index contributed by atoms with van der Waals surface area (Å²) in [4.78, 5) is 0.0867. The van der Waals surface area contributed by atoms with Crippen LogP contribution in [0.5, 0.6) is 11.5 Å². The van der Waals surface area contributed by atoms with Gasteiger partial charge in [-0.3, -0.25) is 4.72 Å². The summed E-state index contributed by atoms with van der Waals surface area (Å²) in [5.74, 6) is 0.411. The minimum atomic E-state index is -3.75. The van der Waals surface area contributed by atoms with Crippen LogP contribution in [0, 0.1) is 0 Å². The zero-order valence-electron chi connectivity index (χ0n) is 10.8. The van der Waals surface area contributed by atoms with Gasteiger partial charge in [0.25, 0.3) is 10.0 Å². The van der Waals surface area contributed by atoms with Gasteiger partial charge >= 0.3 is 0 Å². The summed E-state index contributed by atoms with van der Waals surface area (Å²) in [6.45, 7) is 0. The minimum absolute atomic E-state index is 0.0387. The van der Waals surface area contributed by atoms with Gasteiger partial charge in [0.05, 0.1) is 27.2 Å². The Bertz CT molecular complexity index is 739. The molecule has 0 aliphatic rings. The maximum Gasteiger partial charge on any atom is 0.261 e. The van der Waals surface area contributed by atoms with Crippen molar-refractivity contribution in [3.63, 3.8) is 0 Å². The molecule has 5 nitrogen and oxygen atoms in total. The molecule has 0 amide bonds. The number of sulfonamides is 1. The zero-order valence-corrected chi connectivity index (χ0v) is 14.0. The molecule has 2 N–H and O–H groups in total. The second-order valence-electron chi connectivity index (χ2n) is 4.07. The molecule has 0 spiro atoms. The molecule has 0 aliphatic carbocycles. The van der Waals surface area contributed by atoms with Crippen LogP contribution in [0.4, 0.5) is 5.69 Å². The number of nitrogens with one attached hydrogen (secondary N) is 1. The van der Waals surface area contributed by atoms with Crippen LogP contribution in [0.1, 0.15) is 0 Å². The van der Waals surface area contributed by atoms with E-state index in [9.17, 15) is 13.5 Å². The van der Waals surface area contributed by atoms with E-state index in [2.05, 4.69) is 20.7 Å². The predicted molar refractivity (Wildman–Crippen MR) is 84.6 cm³/mol. The molecule has 2 aromatic carbocycles. The molecule has 0 radical (unpaired) electrons. The van der Waals surface area contributed by atoms with Crippen LogP contribution in [-0.4, -0.2) is 20.6 Å². The Balaban J connectivity index is 2.32. The highest BCUT2D eigenvalue weighted by Crippen LogP contribution is 2.35. The molecule has 0 unspecified atom stereocenters. The number of halogens is 2. The molecule has 0 heterocycles. The van der Waals surface area contributed by atoms with Gasteiger partial charge in [0, 0.05) is 0 Å². The van der Waals surface area contributed by atoms with Crippen LogP contribution in [0.15, 0.2) is 45.8 Å². The molecular formula is C13H11BrClNO4S. The molecule has 112 valence electrons. The minimum Gasteiger partial charge on any atom is -0.505 e. The summed E-state index contributed by atoms with van der Waals surface area (Å²) in [6, 6.07) is 8.70. The van der Waals surface area contributed by atoms with Crippen LogP contribution in [0.3, 0.4) is 0 Å². The van der Waals surface area contributed by atoms with Gasteiger partial charge in [-0.05, 0) is 52.3 Å². The van der Waals surface area contributed by atoms with E-state index in [-0.39, 0.29) is 21.4 Å². The van der Waals surface area contributed by atoms with Crippen molar-refractivity contribution in [3.05, 3.63) is 45.9 Å². The van der Waals surface area contributed by atoms with E-state index in [0.29, 0.717) is 10.2 Å². The quantitative estimate of drug-likeness (QED) is 0.779. The summed E-state index contributed by atoms with van der Waals surface area (Å²) >= 11 is 8.90. The Labute approximate surface area is 135 Å². The molecule has 0 aromatic heterocycles. The van der Waals surface area contributed by atoms with Gasteiger partial charge in [-0.15, -0.1) is 0 Å². The molecule has 0 atom stereocenters. The average molecular weight is 393 g/mol. The third kappa shape index (κ3) is 3.61. The molecule has 0 saturated heterocycles. The Kier molecular flexibility index (Phi) is 4.65. The molecular weight excluding hydrogens is 382 g/mol. The normalized spacial score (nSPS) is 11.2. The summed E-state index contributed by atoms with van der Waals surface area (Å²) in [7, 11) is -2.25. The maximum atomic E-state index is 12.2. The number of hydrogen-bond acceptors (Lipinski definition) is 4. The van der Waals surface area contributed by atoms with Crippen molar-refractivity contribution in [2.24, 2.45) is 0 Å². The molecule has 0 fully saturated rings. The maximum absolute atomic E-state index is 12.2. The SMILES string of the molecule is COc1ccc(S(=O)(=O)Nc2cc(Cl)c(O)c(Br)c2)cc1. The lowest BCUT2D eigenvalue weighted by atomic mass is 10.3. The number of hydrogen-bond donors (Lipinski definition) is 2. The standard InChI is InChI=1S/C13H11BrClNO4S/c1-20-9-2-4-10(5-3-9)21(18,19)16-8-6-11(14)13(17)12(15)7-8/h2-7,16-17H,1H3. The molecule has 0 saturated carbocycles. The van der Waals surface area contributed by atoms with Crippen molar-refractivity contribution >= 4 is 43.2 Å². The van der Waals surface area contributed by atoms with Crippen LogP contribution in [-0.2, 0) is 10.0 Å². The molecule has 8 heteroatoms. The highest BCUT2D eigenvalue weighted by molar-refractivity contribution is 9.10. The van der Waals surface area contributed by atoms with Crippen LogP contribution < -0.4 is 9.46 Å². The fourth-order valence-electron chi connectivity index (χ4n) is 1.59. The van der Waals surface area contributed by atoms with Gasteiger partial charge in [-0.2, -0.15) is 0 Å². The van der Waals surface area contributed by atoms with E-state index in [1.54, 1.807) is 12.1 Å². The Hall–Kier alpha value is -1.44. The lowest BCUT2D eigenvalue weighted by molar-refractivity contribution is 0.414. The van der Waals surface area contributed by atoms with Crippen LogP contribution >= 0.6 is 27.5 Å². The fourth-order valence-corrected chi connectivity index (χ4v) is 3.43. The number of phenolic OH excluding ortho intramolecular Hbond substituents is 1. The first-order valence-electron chi connectivity index (χ1n) is 5.68. The third-order valence-electron chi connectivity index (χ3n) is 2.64. The van der Waals surface area contributed by atoms with Crippen molar-refractivity contribution in [2.45, 2.75) is 4.90 Å². The predicted octanol–water partition coefficient (Wildman–Crippen LogP) is 3.62. The number of methoxy groups -OCH3 is 1. The van der Waals surface area contributed by atoms with Crippen LogP contribution in [0.25, 0.3) is 0 Å². The topological polar surface area (TPSA) is 75.6 Å². The first-order chi connectivity index (χ1) is 9.83. The van der Waals surface area contributed by atoms with Crippen molar-refractivity contribution in [2.75, 3.05) is 11.8 Å². The van der Waals surface area contributed by atoms with Gasteiger partial charge in [0.2, 0.25) is 0 Å². The van der Waals surface area contributed by atoms with Crippen LogP contribution in [0.2, 0.25) is 5.02 Å². The van der Waals surface area contributed by atoms with E-state index < -0.39 is 10.0 Å². The van der Waals surface area contributed by atoms with Gasteiger partial charge in [-0.25, -0.2) is 8.42 Å². The molecule has 21 heavy (non-hydrogen) atoms. The number of aromatic hydroxyl groups is 1. The second kappa shape index (κ2) is 6.13.